The fraction of sp³-hybridized carbons (Fsp3) is 0.615. The van der Waals surface area contributed by atoms with Gasteiger partial charge < -0.3 is 15.5 Å². The second-order valence-electron chi connectivity index (χ2n) is 5.15. The van der Waals surface area contributed by atoms with Gasteiger partial charge >= 0.3 is 0 Å². The summed E-state index contributed by atoms with van der Waals surface area (Å²) in [6, 6.07) is -0.392. The van der Waals surface area contributed by atoms with E-state index < -0.39 is 6.04 Å². The van der Waals surface area contributed by atoms with E-state index in [4.69, 9.17) is 5.73 Å². The number of hydrogen-bond donors (Lipinski definition) is 1. The lowest BCUT2D eigenvalue weighted by molar-refractivity contribution is -0.132. The predicted molar refractivity (Wildman–Crippen MR) is 75.1 cm³/mol. The molecule has 2 rings (SSSR count). The largest absolute Gasteiger partial charge is 0.396 e. The third-order valence-corrected chi connectivity index (χ3v) is 3.61. The van der Waals surface area contributed by atoms with E-state index in [1.54, 1.807) is 23.7 Å². The molecule has 7 nitrogen and oxygen atoms in total. The number of likely N-dealkylation sites (tertiary alicyclic amines) is 1. The SMILES string of the molecule is CCn1ncc(N)c1C(=O)N1CCCC1C(=O)N(C)C. The fourth-order valence-corrected chi connectivity index (χ4v) is 2.57. The molecule has 20 heavy (non-hydrogen) atoms. The summed E-state index contributed by atoms with van der Waals surface area (Å²) in [6.45, 7) is 3.05. The summed E-state index contributed by atoms with van der Waals surface area (Å²) in [6.07, 6.45) is 3.01. The fourth-order valence-electron chi connectivity index (χ4n) is 2.57. The van der Waals surface area contributed by atoms with Gasteiger partial charge in [0.25, 0.3) is 5.91 Å². The Hall–Kier alpha value is -2.05. The standard InChI is InChI=1S/C13H21N5O2/c1-4-18-11(9(14)8-15-18)13(20)17-7-5-6-10(17)12(19)16(2)3/h8,10H,4-7,14H2,1-3H3. The van der Waals surface area contributed by atoms with Gasteiger partial charge in [0.1, 0.15) is 11.7 Å². The number of nitrogen functional groups attached to an aromatic ring is 1. The van der Waals surface area contributed by atoms with Gasteiger partial charge in [0.05, 0.1) is 11.9 Å². The molecule has 1 aliphatic rings. The van der Waals surface area contributed by atoms with Crippen molar-refractivity contribution in [2.45, 2.75) is 32.4 Å². The van der Waals surface area contributed by atoms with E-state index in [1.165, 1.54) is 11.1 Å². The molecule has 0 aromatic carbocycles. The van der Waals surface area contributed by atoms with Crippen LogP contribution in [0.2, 0.25) is 0 Å². The van der Waals surface area contributed by atoms with Crippen molar-refractivity contribution in [3.63, 3.8) is 0 Å². The predicted octanol–water partition coefficient (Wildman–Crippen LogP) is 0.178. The maximum absolute atomic E-state index is 12.7. The van der Waals surface area contributed by atoms with E-state index in [0.717, 1.165) is 6.42 Å². The molecule has 1 atom stereocenters. The summed E-state index contributed by atoms with van der Waals surface area (Å²) in [5, 5.41) is 4.08. The zero-order valence-electron chi connectivity index (χ0n) is 12.2. The number of likely N-dealkylation sites (N-methyl/N-ethyl adjacent to an activating group) is 1. The molecular weight excluding hydrogens is 258 g/mol. The summed E-state index contributed by atoms with van der Waals surface area (Å²) >= 11 is 0. The molecule has 1 fully saturated rings. The minimum atomic E-state index is -0.392. The summed E-state index contributed by atoms with van der Waals surface area (Å²) in [5.41, 5.74) is 6.58. The zero-order chi connectivity index (χ0) is 14.9. The first-order chi connectivity index (χ1) is 9.47. The van der Waals surface area contributed by atoms with Crippen molar-refractivity contribution < 1.29 is 9.59 Å². The molecule has 7 heteroatoms. The van der Waals surface area contributed by atoms with Gasteiger partial charge in [-0.25, -0.2) is 0 Å². The number of aryl methyl sites for hydroxylation is 1. The molecule has 110 valence electrons. The van der Waals surface area contributed by atoms with Gasteiger partial charge in [-0.2, -0.15) is 5.10 Å². The van der Waals surface area contributed by atoms with Crippen molar-refractivity contribution in [3.05, 3.63) is 11.9 Å². The van der Waals surface area contributed by atoms with Gasteiger partial charge in [0, 0.05) is 27.2 Å². The van der Waals surface area contributed by atoms with Crippen LogP contribution in [0.4, 0.5) is 5.69 Å². The average molecular weight is 279 g/mol. The van der Waals surface area contributed by atoms with E-state index in [2.05, 4.69) is 5.10 Å². The minimum Gasteiger partial charge on any atom is -0.396 e. The van der Waals surface area contributed by atoms with Gasteiger partial charge in [-0.1, -0.05) is 0 Å². The number of amides is 2. The Bertz CT molecular complexity index is 523. The Morgan fingerprint density at radius 1 is 1.50 bits per heavy atom. The first-order valence-electron chi connectivity index (χ1n) is 6.80. The third kappa shape index (κ3) is 2.35. The van der Waals surface area contributed by atoms with Crippen molar-refractivity contribution >= 4 is 17.5 Å². The molecule has 0 spiro atoms. The molecule has 2 N–H and O–H groups in total. The number of nitrogens with two attached hydrogens (primary N) is 1. The lowest BCUT2D eigenvalue weighted by atomic mass is 10.2. The number of anilines is 1. The molecule has 1 unspecified atom stereocenters. The molecule has 1 aromatic rings. The molecule has 2 heterocycles. The normalized spacial score (nSPS) is 18.4. The molecule has 0 radical (unpaired) electrons. The van der Waals surface area contributed by atoms with E-state index in [0.29, 0.717) is 30.9 Å². The number of carbonyl (C=O) groups is 2. The van der Waals surface area contributed by atoms with Crippen LogP contribution in [0.5, 0.6) is 0 Å². The minimum absolute atomic E-state index is 0.0445. The molecule has 0 saturated carbocycles. The van der Waals surface area contributed by atoms with Crippen LogP contribution >= 0.6 is 0 Å². The molecule has 0 bridgehead atoms. The van der Waals surface area contributed by atoms with Gasteiger partial charge in [-0.3, -0.25) is 14.3 Å². The van der Waals surface area contributed by atoms with E-state index in [1.807, 2.05) is 6.92 Å². The highest BCUT2D eigenvalue weighted by Crippen LogP contribution is 2.23. The van der Waals surface area contributed by atoms with Crippen LogP contribution < -0.4 is 5.73 Å². The highest BCUT2D eigenvalue weighted by molar-refractivity contribution is 6.00. The monoisotopic (exact) mass is 279 g/mol. The van der Waals surface area contributed by atoms with Crippen LogP contribution in [0.15, 0.2) is 6.20 Å². The van der Waals surface area contributed by atoms with Crippen molar-refractivity contribution in [2.75, 3.05) is 26.4 Å². The first kappa shape index (κ1) is 14.4. The Kier molecular flexibility index (Phi) is 3.96. The highest BCUT2D eigenvalue weighted by atomic mass is 16.2. The number of rotatable bonds is 3. The van der Waals surface area contributed by atoms with E-state index in [-0.39, 0.29) is 11.8 Å². The maximum Gasteiger partial charge on any atom is 0.274 e. The average Bonchev–Trinajstić information content (AvgIpc) is 3.03. The topological polar surface area (TPSA) is 84.5 Å². The summed E-state index contributed by atoms with van der Waals surface area (Å²) in [7, 11) is 3.40. The summed E-state index contributed by atoms with van der Waals surface area (Å²) in [5.74, 6) is -0.253. The smallest absolute Gasteiger partial charge is 0.274 e. The van der Waals surface area contributed by atoms with Crippen LogP contribution in [-0.4, -0.2) is 58.1 Å². The Morgan fingerprint density at radius 3 is 2.80 bits per heavy atom. The van der Waals surface area contributed by atoms with Crippen LogP contribution in [-0.2, 0) is 11.3 Å². The van der Waals surface area contributed by atoms with Gasteiger partial charge in [0.15, 0.2) is 0 Å². The highest BCUT2D eigenvalue weighted by Gasteiger charge is 2.37. The van der Waals surface area contributed by atoms with Crippen LogP contribution in [0.25, 0.3) is 0 Å². The van der Waals surface area contributed by atoms with E-state index in [9.17, 15) is 9.59 Å². The first-order valence-corrected chi connectivity index (χ1v) is 6.80. The van der Waals surface area contributed by atoms with Crippen LogP contribution in [0.3, 0.4) is 0 Å². The molecule has 0 aliphatic carbocycles. The van der Waals surface area contributed by atoms with Crippen molar-refractivity contribution in [2.24, 2.45) is 0 Å². The molecule has 1 saturated heterocycles. The van der Waals surface area contributed by atoms with Crippen molar-refractivity contribution in [3.8, 4) is 0 Å². The number of aromatic nitrogens is 2. The van der Waals surface area contributed by atoms with Crippen molar-refractivity contribution in [1.82, 2.24) is 19.6 Å². The summed E-state index contributed by atoms with van der Waals surface area (Å²) < 4.78 is 1.58. The maximum atomic E-state index is 12.7. The molecular formula is C13H21N5O2. The number of carbonyl (C=O) groups excluding carboxylic acids is 2. The van der Waals surface area contributed by atoms with Crippen LogP contribution in [0, 0.1) is 0 Å². The van der Waals surface area contributed by atoms with Crippen molar-refractivity contribution in [1.29, 1.82) is 0 Å². The third-order valence-electron chi connectivity index (χ3n) is 3.61. The molecule has 1 aliphatic heterocycles. The quantitative estimate of drug-likeness (QED) is 0.855. The zero-order valence-corrected chi connectivity index (χ0v) is 12.2. The lowest BCUT2D eigenvalue weighted by Crippen LogP contribution is -2.46. The number of nitrogens with zero attached hydrogens (tertiary/aromatic N) is 4. The van der Waals surface area contributed by atoms with Gasteiger partial charge in [-0.15, -0.1) is 0 Å². The molecule has 2 amide bonds. The Balaban J connectivity index is 2.28. The lowest BCUT2D eigenvalue weighted by Gasteiger charge is -2.26. The second-order valence-corrected chi connectivity index (χ2v) is 5.15. The molecule has 1 aromatic heterocycles. The second kappa shape index (κ2) is 5.52. The summed E-state index contributed by atoms with van der Waals surface area (Å²) in [4.78, 5) is 27.9. The van der Waals surface area contributed by atoms with E-state index >= 15 is 0 Å². The van der Waals surface area contributed by atoms with Gasteiger partial charge in [-0.05, 0) is 19.8 Å². The Labute approximate surface area is 118 Å². The van der Waals surface area contributed by atoms with Gasteiger partial charge in [0.2, 0.25) is 5.91 Å². The number of hydrogen-bond acceptors (Lipinski definition) is 4. The Morgan fingerprint density at radius 2 is 2.20 bits per heavy atom. The van der Waals surface area contributed by atoms with Crippen LogP contribution in [0.1, 0.15) is 30.3 Å².